The van der Waals surface area contributed by atoms with Crippen molar-refractivity contribution in [2.45, 2.75) is 17.9 Å². The van der Waals surface area contributed by atoms with Crippen molar-refractivity contribution >= 4 is 11.8 Å². The van der Waals surface area contributed by atoms with E-state index in [4.69, 9.17) is 10.6 Å². The molecule has 0 aliphatic heterocycles. The van der Waals surface area contributed by atoms with Gasteiger partial charge in [-0.15, -0.1) is 11.8 Å². The predicted molar refractivity (Wildman–Crippen MR) is 82.8 cm³/mol. The standard InChI is InChI=1S/C15H19N3OS/c1-3-19-13-8-12(9-17-10-13)15(18-16)11-4-6-14(20-2)7-5-11/h4-10,15,18H,3,16H2,1-2H3. The van der Waals surface area contributed by atoms with Gasteiger partial charge in [-0.3, -0.25) is 10.8 Å². The molecule has 3 N–H and O–H groups in total. The van der Waals surface area contributed by atoms with Gasteiger partial charge in [-0.25, -0.2) is 5.43 Å². The SMILES string of the molecule is CCOc1cncc(C(NN)c2ccc(SC)cc2)c1. The van der Waals surface area contributed by atoms with Crippen LogP contribution in [0, 0.1) is 0 Å². The van der Waals surface area contributed by atoms with Gasteiger partial charge in [0.05, 0.1) is 18.8 Å². The third-order valence-electron chi connectivity index (χ3n) is 2.99. The lowest BCUT2D eigenvalue weighted by atomic mass is 10.0. The minimum atomic E-state index is -0.0983. The lowest BCUT2D eigenvalue weighted by Crippen LogP contribution is -2.28. The van der Waals surface area contributed by atoms with Crippen LogP contribution in [0.4, 0.5) is 0 Å². The number of hydrogen-bond acceptors (Lipinski definition) is 5. The van der Waals surface area contributed by atoms with Gasteiger partial charge in [0.2, 0.25) is 0 Å². The summed E-state index contributed by atoms with van der Waals surface area (Å²) in [6.07, 6.45) is 5.57. The number of nitrogens with one attached hydrogen (secondary N) is 1. The Hall–Kier alpha value is -1.56. The number of nitrogens with two attached hydrogens (primary N) is 1. The second-order valence-electron chi connectivity index (χ2n) is 4.26. The van der Waals surface area contributed by atoms with Gasteiger partial charge in [0.1, 0.15) is 5.75 Å². The summed E-state index contributed by atoms with van der Waals surface area (Å²) in [5.41, 5.74) is 4.92. The van der Waals surface area contributed by atoms with Crippen LogP contribution < -0.4 is 16.0 Å². The van der Waals surface area contributed by atoms with Crippen LogP contribution in [-0.4, -0.2) is 17.8 Å². The molecule has 0 aliphatic rings. The first-order chi connectivity index (χ1) is 9.78. The van der Waals surface area contributed by atoms with Gasteiger partial charge in [0.25, 0.3) is 0 Å². The van der Waals surface area contributed by atoms with E-state index >= 15 is 0 Å². The van der Waals surface area contributed by atoms with E-state index in [-0.39, 0.29) is 6.04 Å². The molecule has 0 saturated carbocycles. The molecule has 2 rings (SSSR count). The second kappa shape index (κ2) is 7.28. The van der Waals surface area contributed by atoms with Crippen molar-refractivity contribution in [3.63, 3.8) is 0 Å². The Kier molecular flexibility index (Phi) is 5.40. The molecule has 1 atom stereocenters. The first-order valence-corrected chi connectivity index (χ1v) is 7.68. The van der Waals surface area contributed by atoms with Crippen molar-refractivity contribution in [1.29, 1.82) is 0 Å². The molecule has 1 aromatic carbocycles. The van der Waals surface area contributed by atoms with E-state index in [0.29, 0.717) is 6.61 Å². The Morgan fingerprint density at radius 1 is 1.25 bits per heavy atom. The zero-order chi connectivity index (χ0) is 14.4. The monoisotopic (exact) mass is 289 g/mol. The molecule has 2 aromatic rings. The van der Waals surface area contributed by atoms with E-state index in [1.165, 1.54) is 4.90 Å². The predicted octanol–water partition coefficient (Wildman–Crippen LogP) is 2.75. The van der Waals surface area contributed by atoms with Crippen molar-refractivity contribution < 1.29 is 4.74 Å². The second-order valence-corrected chi connectivity index (χ2v) is 5.14. The van der Waals surface area contributed by atoms with Gasteiger partial charge in [-0.1, -0.05) is 12.1 Å². The highest BCUT2D eigenvalue weighted by atomic mass is 32.2. The molecule has 0 bridgehead atoms. The van der Waals surface area contributed by atoms with Crippen LogP contribution >= 0.6 is 11.8 Å². The summed E-state index contributed by atoms with van der Waals surface area (Å²) in [7, 11) is 0. The molecule has 1 aromatic heterocycles. The third kappa shape index (κ3) is 3.50. The number of hydrazine groups is 1. The van der Waals surface area contributed by atoms with Crippen LogP contribution in [-0.2, 0) is 0 Å². The van der Waals surface area contributed by atoms with E-state index in [2.05, 4.69) is 40.9 Å². The summed E-state index contributed by atoms with van der Waals surface area (Å²) in [4.78, 5) is 5.43. The maximum atomic E-state index is 5.71. The molecule has 0 radical (unpaired) electrons. The fourth-order valence-electron chi connectivity index (χ4n) is 2.02. The minimum absolute atomic E-state index is 0.0983. The summed E-state index contributed by atoms with van der Waals surface area (Å²) in [6.45, 7) is 2.57. The van der Waals surface area contributed by atoms with Gasteiger partial charge in [-0.05, 0) is 42.5 Å². The third-order valence-corrected chi connectivity index (χ3v) is 3.74. The molecule has 0 aliphatic carbocycles. The first kappa shape index (κ1) is 14.8. The van der Waals surface area contributed by atoms with Gasteiger partial charge >= 0.3 is 0 Å². The molecule has 0 fully saturated rings. The Morgan fingerprint density at radius 2 is 2.00 bits per heavy atom. The minimum Gasteiger partial charge on any atom is -0.492 e. The van der Waals surface area contributed by atoms with Crippen LogP contribution in [0.25, 0.3) is 0 Å². The van der Waals surface area contributed by atoms with Gasteiger partial charge in [0, 0.05) is 11.1 Å². The molecule has 0 saturated heterocycles. The Labute approximate surface area is 123 Å². The smallest absolute Gasteiger partial charge is 0.137 e. The zero-order valence-electron chi connectivity index (χ0n) is 11.7. The Morgan fingerprint density at radius 3 is 2.60 bits per heavy atom. The number of ether oxygens (including phenoxy) is 1. The summed E-state index contributed by atoms with van der Waals surface area (Å²) in [5, 5.41) is 0. The molecule has 1 unspecified atom stereocenters. The molecular formula is C15H19N3OS. The van der Waals surface area contributed by atoms with E-state index in [9.17, 15) is 0 Å². The van der Waals surface area contributed by atoms with Crippen molar-refractivity contribution in [3.8, 4) is 5.75 Å². The number of nitrogens with zero attached hydrogens (tertiary/aromatic N) is 1. The normalized spacial score (nSPS) is 12.2. The highest BCUT2D eigenvalue weighted by Gasteiger charge is 2.13. The van der Waals surface area contributed by atoms with E-state index in [1.807, 2.05) is 13.0 Å². The van der Waals surface area contributed by atoms with Crippen LogP contribution in [0.1, 0.15) is 24.1 Å². The molecule has 106 valence electrons. The van der Waals surface area contributed by atoms with Gasteiger partial charge < -0.3 is 4.74 Å². The van der Waals surface area contributed by atoms with Crippen LogP contribution in [0.15, 0.2) is 47.6 Å². The van der Waals surface area contributed by atoms with Gasteiger partial charge in [-0.2, -0.15) is 0 Å². The number of thioether (sulfide) groups is 1. The largest absolute Gasteiger partial charge is 0.492 e. The lowest BCUT2D eigenvalue weighted by Gasteiger charge is -2.17. The Bertz CT molecular complexity index is 545. The quantitative estimate of drug-likeness (QED) is 0.486. The number of pyridine rings is 1. The van der Waals surface area contributed by atoms with E-state index in [0.717, 1.165) is 16.9 Å². The molecule has 4 nitrogen and oxygen atoms in total. The number of benzene rings is 1. The van der Waals surface area contributed by atoms with Crippen molar-refractivity contribution in [2.24, 2.45) is 5.84 Å². The zero-order valence-corrected chi connectivity index (χ0v) is 12.5. The lowest BCUT2D eigenvalue weighted by molar-refractivity contribution is 0.338. The van der Waals surface area contributed by atoms with E-state index in [1.54, 1.807) is 24.2 Å². The molecule has 0 spiro atoms. The highest BCUT2D eigenvalue weighted by molar-refractivity contribution is 7.98. The van der Waals surface area contributed by atoms with Crippen molar-refractivity contribution in [3.05, 3.63) is 53.9 Å². The van der Waals surface area contributed by atoms with Crippen LogP contribution in [0.3, 0.4) is 0 Å². The highest BCUT2D eigenvalue weighted by Crippen LogP contribution is 2.25. The number of hydrogen-bond donors (Lipinski definition) is 2. The van der Waals surface area contributed by atoms with Crippen LogP contribution in [0.2, 0.25) is 0 Å². The van der Waals surface area contributed by atoms with Crippen LogP contribution in [0.5, 0.6) is 5.75 Å². The number of rotatable bonds is 6. The molecule has 1 heterocycles. The maximum Gasteiger partial charge on any atom is 0.137 e. The summed E-state index contributed by atoms with van der Waals surface area (Å²) in [5.74, 6) is 6.46. The fraction of sp³-hybridized carbons (Fsp3) is 0.267. The van der Waals surface area contributed by atoms with E-state index < -0.39 is 0 Å². The molecule has 0 amide bonds. The maximum absolute atomic E-state index is 5.71. The first-order valence-electron chi connectivity index (χ1n) is 6.46. The average molecular weight is 289 g/mol. The molecule has 20 heavy (non-hydrogen) atoms. The van der Waals surface area contributed by atoms with Crippen molar-refractivity contribution in [1.82, 2.24) is 10.4 Å². The number of aromatic nitrogens is 1. The molecule has 5 heteroatoms. The molecular weight excluding hydrogens is 270 g/mol. The Balaban J connectivity index is 2.28. The average Bonchev–Trinajstić information content (AvgIpc) is 2.49. The van der Waals surface area contributed by atoms with Gasteiger partial charge in [0.15, 0.2) is 0 Å². The topological polar surface area (TPSA) is 60.2 Å². The summed E-state index contributed by atoms with van der Waals surface area (Å²) >= 11 is 1.72. The van der Waals surface area contributed by atoms with Crippen molar-refractivity contribution in [2.75, 3.05) is 12.9 Å². The summed E-state index contributed by atoms with van der Waals surface area (Å²) in [6, 6.07) is 10.2. The fourth-order valence-corrected chi connectivity index (χ4v) is 2.43. The summed E-state index contributed by atoms with van der Waals surface area (Å²) < 4.78 is 5.48.